The second kappa shape index (κ2) is 6.02. The molecule has 3 rings (SSSR count). The molecule has 1 aliphatic heterocycles. The summed E-state index contributed by atoms with van der Waals surface area (Å²) in [4.78, 5) is 22.8. The summed E-state index contributed by atoms with van der Waals surface area (Å²) in [7, 11) is -3.05. The highest BCUT2D eigenvalue weighted by Gasteiger charge is 2.38. The van der Waals surface area contributed by atoms with Gasteiger partial charge in [0.1, 0.15) is 0 Å². The number of hydrazone groups is 1. The number of carboxylic acid groups (broad SMARTS) is 1. The first-order valence-electron chi connectivity index (χ1n) is 7.01. The minimum Gasteiger partial charge on any atom is -0.478 e. The summed E-state index contributed by atoms with van der Waals surface area (Å²) < 4.78 is 29.7. The lowest BCUT2D eigenvalue weighted by Gasteiger charge is -2.26. The number of methoxy groups -OCH3 is 1. The molecule has 2 aromatic rings. The third-order valence-electron chi connectivity index (χ3n) is 3.55. The van der Waals surface area contributed by atoms with Crippen LogP contribution in [0.4, 0.5) is 11.4 Å². The minimum absolute atomic E-state index is 0.0684. The van der Waals surface area contributed by atoms with Crippen LogP contribution in [0.15, 0.2) is 58.5 Å². The highest BCUT2D eigenvalue weighted by atomic mass is 32.2. The number of aromatic carboxylic acids is 1. The normalized spacial score (nSPS) is 15.1. The fraction of sp³-hybridized carbons (Fsp3) is 0.0625. The summed E-state index contributed by atoms with van der Waals surface area (Å²) in [6, 6.07) is 11.7. The van der Waals surface area contributed by atoms with E-state index in [0.717, 1.165) is 7.11 Å². The number of para-hydroxylation sites is 1. The molecule has 0 bridgehead atoms. The fourth-order valence-corrected chi connectivity index (χ4v) is 3.73. The van der Waals surface area contributed by atoms with E-state index in [2.05, 4.69) is 9.84 Å². The monoisotopic (exact) mass is 360 g/mol. The molecule has 0 saturated carbocycles. The second-order valence-corrected chi connectivity index (χ2v) is 6.87. The van der Waals surface area contributed by atoms with E-state index >= 15 is 0 Å². The third-order valence-corrected chi connectivity index (χ3v) is 5.23. The summed E-state index contributed by atoms with van der Waals surface area (Å²) in [5.74, 6) is -2.17. The smallest absolute Gasteiger partial charge is 0.370 e. The molecule has 0 aliphatic carbocycles. The third kappa shape index (κ3) is 2.74. The zero-order chi connectivity index (χ0) is 18.2. The molecule has 1 N–H and O–H groups in total. The number of fused-ring (bicyclic) bond motifs is 1. The summed E-state index contributed by atoms with van der Waals surface area (Å²) in [6.07, 6.45) is 0. The predicted octanol–water partition coefficient (Wildman–Crippen LogP) is 1.80. The van der Waals surface area contributed by atoms with Crippen LogP contribution in [0.1, 0.15) is 10.4 Å². The zero-order valence-corrected chi connectivity index (χ0v) is 13.7. The number of sulfone groups is 1. The first-order chi connectivity index (χ1) is 11.9. The van der Waals surface area contributed by atoms with E-state index in [1.165, 1.54) is 47.5 Å². The second-order valence-electron chi connectivity index (χ2n) is 5.03. The van der Waals surface area contributed by atoms with E-state index in [1.54, 1.807) is 6.07 Å². The average Bonchev–Trinajstić information content (AvgIpc) is 2.61. The lowest BCUT2D eigenvalue weighted by Crippen LogP contribution is -2.33. The van der Waals surface area contributed by atoms with Gasteiger partial charge in [-0.3, -0.25) is 0 Å². The van der Waals surface area contributed by atoms with Gasteiger partial charge in [-0.1, -0.05) is 12.1 Å². The van der Waals surface area contributed by atoms with Gasteiger partial charge in [-0.15, -0.1) is 5.10 Å². The van der Waals surface area contributed by atoms with Crippen LogP contribution in [0.25, 0.3) is 0 Å². The number of ether oxygens (including phenoxy) is 1. The Balaban J connectivity index is 2.20. The lowest BCUT2D eigenvalue weighted by atomic mass is 10.2. The van der Waals surface area contributed by atoms with Crippen molar-refractivity contribution in [3.05, 3.63) is 54.1 Å². The standard InChI is InChI=1S/C16H12N2O6S/c1-24-16(21)14-17-18(11-8-6-10(7-9-11)15(19)20)12-4-2-3-5-13(12)25(14,22)23/h2-9H,1H3,(H,19,20). The molecule has 0 amide bonds. The van der Waals surface area contributed by atoms with Crippen LogP contribution in [0.2, 0.25) is 0 Å². The Hall–Kier alpha value is -3.20. The molecular weight excluding hydrogens is 348 g/mol. The van der Waals surface area contributed by atoms with Crippen molar-refractivity contribution in [2.24, 2.45) is 5.10 Å². The van der Waals surface area contributed by atoms with Crippen LogP contribution in [0, 0.1) is 0 Å². The Morgan fingerprint density at radius 3 is 2.32 bits per heavy atom. The number of anilines is 2. The maximum Gasteiger partial charge on any atom is 0.370 e. The lowest BCUT2D eigenvalue weighted by molar-refractivity contribution is -0.132. The number of benzene rings is 2. The van der Waals surface area contributed by atoms with Crippen LogP contribution in [0.3, 0.4) is 0 Å². The molecule has 128 valence electrons. The van der Waals surface area contributed by atoms with Crippen molar-refractivity contribution >= 4 is 38.2 Å². The van der Waals surface area contributed by atoms with E-state index in [9.17, 15) is 18.0 Å². The first kappa shape index (κ1) is 16.7. The highest BCUT2D eigenvalue weighted by Crippen LogP contribution is 2.36. The van der Waals surface area contributed by atoms with E-state index in [1.807, 2.05) is 0 Å². The number of rotatable bonds is 3. The van der Waals surface area contributed by atoms with Crippen molar-refractivity contribution in [1.82, 2.24) is 0 Å². The summed E-state index contributed by atoms with van der Waals surface area (Å²) in [6.45, 7) is 0. The molecule has 25 heavy (non-hydrogen) atoms. The van der Waals surface area contributed by atoms with Crippen LogP contribution >= 0.6 is 0 Å². The van der Waals surface area contributed by atoms with Gasteiger partial charge in [0.2, 0.25) is 9.84 Å². The molecule has 0 spiro atoms. The molecule has 1 heterocycles. The number of hydrogen-bond acceptors (Lipinski definition) is 7. The van der Waals surface area contributed by atoms with Gasteiger partial charge in [-0.2, -0.15) is 0 Å². The van der Waals surface area contributed by atoms with Crippen molar-refractivity contribution in [2.45, 2.75) is 4.90 Å². The van der Waals surface area contributed by atoms with Crippen LogP contribution in [-0.2, 0) is 19.4 Å². The molecule has 0 aromatic heterocycles. The number of carboxylic acids is 1. The van der Waals surface area contributed by atoms with Gasteiger partial charge in [0.25, 0.3) is 5.04 Å². The van der Waals surface area contributed by atoms with Crippen molar-refractivity contribution < 1.29 is 27.9 Å². The number of carbonyl (C=O) groups is 2. The Kier molecular flexibility index (Phi) is 4.01. The number of nitrogens with zero attached hydrogens (tertiary/aromatic N) is 2. The van der Waals surface area contributed by atoms with E-state index in [4.69, 9.17) is 5.11 Å². The maximum absolute atomic E-state index is 12.6. The van der Waals surface area contributed by atoms with Crippen LogP contribution < -0.4 is 5.01 Å². The number of hydrogen-bond donors (Lipinski definition) is 1. The largest absolute Gasteiger partial charge is 0.478 e. The Morgan fingerprint density at radius 2 is 1.72 bits per heavy atom. The molecule has 2 aromatic carbocycles. The van der Waals surface area contributed by atoms with E-state index in [0.29, 0.717) is 5.69 Å². The summed E-state index contributed by atoms with van der Waals surface area (Å²) >= 11 is 0. The minimum atomic E-state index is -4.12. The molecule has 1 aliphatic rings. The molecule has 8 nitrogen and oxygen atoms in total. The Bertz CT molecular complexity index is 996. The molecular formula is C16H12N2O6S. The topological polar surface area (TPSA) is 113 Å². The highest BCUT2D eigenvalue weighted by molar-refractivity contribution is 8.08. The van der Waals surface area contributed by atoms with Crippen molar-refractivity contribution in [3.63, 3.8) is 0 Å². The van der Waals surface area contributed by atoms with Gasteiger partial charge in [0.15, 0.2) is 0 Å². The molecule has 0 saturated heterocycles. The van der Waals surface area contributed by atoms with Gasteiger partial charge in [0, 0.05) is 0 Å². The van der Waals surface area contributed by atoms with Crippen molar-refractivity contribution in [2.75, 3.05) is 12.1 Å². The van der Waals surface area contributed by atoms with Crippen LogP contribution in [0.5, 0.6) is 0 Å². The summed E-state index contributed by atoms with van der Waals surface area (Å²) in [5.41, 5.74) is 0.714. The SMILES string of the molecule is COC(=O)C1=NN(c2ccc(C(=O)O)cc2)c2ccccc2S1(=O)=O. The van der Waals surface area contributed by atoms with Gasteiger partial charge >= 0.3 is 11.9 Å². The maximum atomic E-state index is 12.6. The summed E-state index contributed by atoms with van der Waals surface area (Å²) in [5, 5.41) is 13.4. The van der Waals surface area contributed by atoms with Gasteiger partial charge in [-0.05, 0) is 36.4 Å². The molecule has 0 fully saturated rings. The van der Waals surface area contributed by atoms with Gasteiger partial charge < -0.3 is 9.84 Å². The van der Waals surface area contributed by atoms with Crippen molar-refractivity contribution in [3.8, 4) is 0 Å². The Morgan fingerprint density at radius 1 is 1.08 bits per heavy atom. The number of esters is 1. The zero-order valence-electron chi connectivity index (χ0n) is 12.9. The van der Waals surface area contributed by atoms with Gasteiger partial charge in [0.05, 0.1) is 28.9 Å². The first-order valence-corrected chi connectivity index (χ1v) is 8.49. The number of carbonyl (C=O) groups excluding carboxylic acids is 1. The average molecular weight is 360 g/mol. The predicted molar refractivity (Wildman–Crippen MR) is 88.6 cm³/mol. The van der Waals surface area contributed by atoms with E-state index in [-0.39, 0.29) is 16.1 Å². The van der Waals surface area contributed by atoms with Gasteiger partial charge in [-0.25, -0.2) is 23.0 Å². The van der Waals surface area contributed by atoms with Crippen molar-refractivity contribution in [1.29, 1.82) is 0 Å². The van der Waals surface area contributed by atoms with Crippen LogP contribution in [-0.4, -0.2) is 37.6 Å². The molecule has 9 heteroatoms. The molecule has 0 atom stereocenters. The molecule has 0 radical (unpaired) electrons. The van der Waals surface area contributed by atoms with E-state index < -0.39 is 26.8 Å². The quantitative estimate of drug-likeness (QED) is 0.830. The fourth-order valence-electron chi connectivity index (χ4n) is 2.34. The molecule has 0 unspecified atom stereocenters. The Labute approximate surface area is 142 Å².